The summed E-state index contributed by atoms with van der Waals surface area (Å²) in [5.74, 6) is -2.37. The first kappa shape index (κ1) is 19.2. The van der Waals surface area contributed by atoms with Gasteiger partial charge in [0.1, 0.15) is 0 Å². The average Bonchev–Trinajstić information content (AvgIpc) is 2.86. The number of carboxylic acids is 1. The summed E-state index contributed by atoms with van der Waals surface area (Å²) in [5, 5.41) is 20.5. The highest BCUT2D eigenvalue weighted by Crippen LogP contribution is 2.51. The predicted octanol–water partition coefficient (Wildman–Crippen LogP) is 1.15. The van der Waals surface area contributed by atoms with Crippen molar-refractivity contribution in [1.29, 1.82) is 0 Å². The number of nitro benzene ring substituents is 1. The van der Waals surface area contributed by atoms with Gasteiger partial charge in [0.05, 0.1) is 23.0 Å². The third kappa shape index (κ3) is 2.77. The first-order valence-corrected chi connectivity index (χ1v) is 9.70. The van der Waals surface area contributed by atoms with Crippen LogP contribution in [-0.2, 0) is 24.3 Å². The van der Waals surface area contributed by atoms with Crippen molar-refractivity contribution in [3.05, 3.63) is 34.4 Å². The van der Waals surface area contributed by atoms with Crippen LogP contribution in [0.3, 0.4) is 0 Å². The molecule has 0 aromatic heterocycles. The Kier molecular flexibility index (Phi) is 4.68. The lowest BCUT2D eigenvalue weighted by Gasteiger charge is -2.36. The van der Waals surface area contributed by atoms with Gasteiger partial charge in [-0.1, -0.05) is 6.42 Å². The monoisotopic (exact) mass is 398 g/mol. The molecule has 3 rings (SSSR count). The number of nitro groups is 1. The van der Waals surface area contributed by atoms with Crippen LogP contribution in [0.4, 0.5) is 5.69 Å². The van der Waals surface area contributed by atoms with Crippen molar-refractivity contribution in [3.8, 4) is 0 Å². The Balaban J connectivity index is 2.07. The van der Waals surface area contributed by atoms with Gasteiger partial charge in [0.25, 0.3) is 5.69 Å². The topological polar surface area (TPSA) is 144 Å². The molecule has 0 spiro atoms. The molecule has 2 saturated heterocycles. The summed E-state index contributed by atoms with van der Waals surface area (Å²) >= 11 is 0. The maximum absolute atomic E-state index is 13.2. The number of methoxy groups -OCH3 is 1. The minimum absolute atomic E-state index is 0.161. The molecule has 1 aromatic rings. The van der Waals surface area contributed by atoms with E-state index in [1.807, 2.05) is 0 Å². The zero-order chi connectivity index (χ0) is 20.0. The molecule has 2 fully saturated rings. The summed E-state index contributed by atoms with van der Waals surface area (Å²) in [4.78, 5) is 34.3. The van der Waals surface area contributed by atoms with Crippen LogP contribution in [0.2, 0.25) is 0 Å². The average molecular weight is 398 g/mol. The van der Waals surface area contributed by atoms with E-state index in [1.165, 1.54) is 0 Å². The number of benzene rings is 1. The fourth-order valence-electron chi connectivity index (χ4n) is 4.16. The number of hydrogen-bond acceptors (Lipinski definition) is 7. The van der Waals surface area contributed by atoms with Crippen LogP contribution in [-0.4, -0.2) is 53.9 Å². The number of hydrogen-bond donors (Lipinski definition) is 1. The second kappa shape index (κ2) is 6.57. The van der Waals surface area contributed by atoms with Crippen molar-refractivity contribution in [2.75, 3.05) is 7.11 Å². The molecular weight excluding hydrogens is 380 g/mol. The fraction of sp³-hybridized carbons (Fsp3) is 0.500. The second-order valence-electron chi connectivity index (χ2n) is 6.66. The van der Waals surface area contributed by atoms with Crippen LogP contribution in [0.25, 0.3) is 0 Å². The Labute approximate surface area is 154 Å². The number of carbonyl (C=O) groups is 2. The molecule has 3 atom stereocenters. The highest BCUT2D eigenvalue weighted by molar-refractivity contribution is 7.89. The Bertz CT molecular complexity index is 898. The number of ether oxygens (including phenoxy) is 1. The number of aliphatic carboxylic acids is 1. The third-order valence-electron chi connectivity index (χ3n) is 5.36. The Morgan fingerprint density at radius 2 is 1.93 bits per heavy atom. The summed E-state index contributed by atoms with van der Waals surface area (Å²) in [6.45, 7) is 0. The standard InChI is InChI=1S/C16H18N2O8S/c1-26-15(21)16(14(19)20)9-11-3-2-4-13(16)17(11)27(24,25)12-7-5-10(6-8-12)18(22)23/h5-8,11,13H,2-4,9H2,1H3,(H,19,20). The van der Waals surface area contributed by atoms with E-state index in [9.17, 15) is 33.2 Å². The molecule has 3 unspecified atom stereocenters. The molecule has 2 aliphatic rings. The lowest BCUT2D eigenvalue weighted by Crippen LogP contribution is -2.53. The summed E-state index contributed by atoms with van der Waals surface area (Å²) < 4.78 is 32.1. The van der Waals surface area contributed by atoms with Gasteiger partial charge in [-0.2, -0.15) is 4.31 Å². The molecular formula is C16H18N2O8S. The fourth-order valence-corrected chi connectivity index (χ4v) is 6.08. The van der Waals surface area contributed by atoms with Gasteiger partial charge >= 0.3 is 11.9 Å². The number of fused-ring (bicyclic) bond motifs is 2. The van der Waals surface area contributed by atoms with Gasteiger partial charge < -0.3 is 9.84 Å². The number of rotatable bonds is 5. The molecule has 10 nitrogen and oxygen atoms in total. The number of sulfonamides is 1. The highest BCUT2D eigenvalue weighted by atomic mass is 32.2. The van der Waals surface area contributed by atoms with Crippen molar-refractivity contribution in [1.82, 2.24) is 4.31 Å². The molecule has 2 heterocycles. The van der Waals surface area contributed by atoms with Crippen molar-refractivity contribution in [2.24, 2.45) is 5.41 Å². The number of piperidine rings is 1. The van der Waals surface area contributed by atoms with Gasteiger partial charge in [0.15, 0.2) is 5.41 Å². The summed E-state index contributed by atoms with van der Waals surface area (Å²) in [6, 6.07) is 2.65. The van der Waals surface area contributed by atoms with Crippen LogP contribution < -0.4 is 0 Å². The van der Waals surface area contributed by atoms with Gasteiger partial charge in [-0.05, 0) is 31.4 Å². The third-order valence-corrected chi connectivity index (χ3v) is 7.34. The van der Waals surface area contributed by atoms with E-state index in [-0.39, 0.29) is 23.4 Å². The van der Waals surface area contributed by atoms with E-state index in [2.05, 4.69) is 0 Å². The minimum atomic E-state index is -4.15. The molecule has 1 N–H and O–H groups in total. The van der Waals surface area contributed by atoms with Crippen molar-refractivity contribution in [2.45, 2.75) is 42.7 Å². The highest BCUT2D eigenvalue weighted by Gasteiger charge is 2.66. The first-order chi connectivity index (χ1) is 12.7. The first-order valence-electron chi connectivity index (χ1n) is 8.26. The van der Waals surface area contributed by atoms with Crippen molar-refractivity contribution < 1.29 is 32.8 Å². The van der Waals surface area contributed by atoms with E-state index in [1.54, 1.807) is 0 Å². The van der Waals surface area contributed by atoms with Crippen LogP contribution in [0, 0.1) is 15.5 Å². The maximum atomic E-state index is 13.2. The summed E-state index contributed by atoms with van der Waals surface area (Å²) in [5.41, 5.74) is -2.21. The second-order valence-corrected chi connectivity index (χ2v) is 8.50. The SMILES string of the molecule is COC(=O)C1(C(=O)O)CC2CCCC1N2S(=O)(=O)c1ccc([N+](=O)[O-])cc1. The molecule has 2 bridgehead atoms. The number of carbonyl (C=O) groups excluding carboxylic acids is 1. The van der Waals surface area contributed by atoms with Gasteiger partial charge in [-0.15, -0.1) is 0 Å². The molecule has 27 heavy (non-hydrogen) atoms. The van der Waals surface area contributed by atoms with E-state index in [0.717, 1.165) is 35.7 Å². The normalized spacial score (nSPS) is 27.9. The molecule has 2 aliphatic heterocycles. The quantitative estimate of drug-likeness (QED) is 0.337. The zero-order valence-corrected chi connectivity index (χ0v) is 15.2. The predicted molar refractivity (Wildman–Crippen MR) is 90.3 cm³/mol. The smallest absolute Gasteiger partial charge is 0.324 e. The lowest BCUT2D eigenvalue weighted by molar-refractivity contribution is -0.384. The van der Waals surface area contributed by atoms with Gasteiger partial charge in [0, 0.05) is 18.2 Å². The van der Waals surface area contributed by atoms with Crippen LogP contribution in [0.1, 0.15) is 25.7 Å². The molecule has 1 aromatic carbocycles. The molecule has 0 aliphatic carbocycles. The number of non-ortho nitro benzene ring substituents is 1. The molecule has 0 saturated carbocycles. The number of esters is 1. The van der Waals surface area contributed by atoms with Gasteiger partial charge in [-0.25, -0.2) is 8.42 Å². The Hall–Kier alpha value is -2.53. The van der Waals surface area contributed by atoms with Crippen LogP contribution in [0.5, 0.6) is 0 Å². The molecule has 146 valence electrons. The van der Waals surface area contributed by atoms with Gasteiger partial charge in [-0.3, -0.25) is 19.7 Å². The van der Waals surface area contributed by atoms with E-state index in [4.69, 9.17) is 4.74 Å². The zero-order valence-electron chi connectivity index (χ0n) is 14.4. The van der Waals surface area contributed by atoms with E-state index < -0.39 is 44.4 Å². The van der Waals surface area contributed by atoms with Gasteiger partial charge in [0.2, 0.25) is 10.0 Å². The summed E-state index contributed by atoms with van der Waals surface area (Å²) in [6.07, 6.45) is 1.07. The Morgan fingerprint density at radius 3 is 2.44 bits per heavy atom. The number of nitrogens with zero attached hydrogens (tertiary/aromatic N) is 2. The molecule has 0 amide bonds. The van der Waals surface area contributed by atoms with E-state index >= 15 is 0 Å². The number of carboxylic acid groups (broad SMARTS) is 1. The maximum Gasteiger partial charge on any atom is 0.324 e. The summed E-state index contributed by atoms with van der Waals surface area (Å²) in [7, 11) is -3.07. The minimum Gasteiger partial charge on any atom is -0.480 e. The Morgan fingerprint density at radius 1 is 1.30 bits per heavy atom. The van der Waals surface area contributed by atoms with Crippen molar-refractivity contribution in [3.63, 3.8) is 0 Å². The largest absolute Gasteiger partial charge is 0.480 e. The molecule has 0 radical (unpaired) electrons. The van der Waals surface area contributed by atoms with Crippen LogP contribution >= 0.6 is 0 Å². The molecule has 11 heteroatoms. The van der Waals surface area contributed by atoms with E-state index in [0.29, 0.717) is 12.8 Å². The van der Waals surface area contributed by atoms with Crippen molar-refractivity contribution >= 4 is 27.6 Å². The lowest BCUT2D eigenvalue weighted by atomic mass is 9.79. The van der Waals surface area contributed by atoms with Crippen LogP contribution in [0.15, 0.2) is 29.2 Å².